The highest BCUT2D eigenvalue weighted by atomic mass is 32.1. The Morgan fingerprint density at radius 2 is 2.17 bits per heavy atom. The van der Waals surface area contributed by atoms with Crippen LogP contribution in [0.1, 0.15) is 13.8 Å². The number of nitrogens with one attached hydrogen (secondary N) is 2. The van der Waals surface area contributed by atoms with E-state index in [1.54, 1.807) is 13.8 Å². The van der Waals surface area contributed by atoms with Crippen LogP contribution in [0.3, 0.4) is 0 Å². The first-order chi connectivity index (χ1) is 8.50. The number of fused-ring (bicyclic) bond motifs is 1. The van der Waals surface area contributed by atoms with Crippen molar-refractivity contribution in [3.63, 3.8) is 0 Å². The van der Waals surface area contributed by atoms with Crippen LogP contribution in [-0.2, 0) is 0 Å². The highest BCUT2D eigenvalue weighted by Crippen LogP contribution is 2.25. The first-order valence-electron chi connectivity index (χ1n) is 5.56. The summed E-state index contributed by atoms with van der Waals surface area (Å²) >= 11 is 1.41. The quantitative estimate of drug-likeness (QED) is 0.796. The number of carbonyl (C=O) groups is 1. The molecule has 0 radical (unpaired) electrons. The third-order valence-corrected chi connectivity index (χ3v) is 3.31. The summed E-state index contributed by atoms with van der Waals surface area (Å²) in [5.74, 6) is 0. The van der Waals surface area contributed by atoms with Gasteiger partial charge in [-0.1, -0.05) is 23.5 Å². The summed E-state index contributed by atoms with van der Waals surface area (Å²) in [5, 5.41) is 14.9. The molecule has 1 heterocycles. The van der Waals surface area contributed by atoms with Crippen molar-refractivity contribution in [1.29, 1.82) is 0 Å². The number of para-hydroxylation sites is 1. The molecule has 18 heavy (non-hydrogen) atoms. The molecule has 3 N–H and O–H groups in total. The maximum absolute atomic E-state index is 11.7. The molecule has 5 nitrogen and oxygen atoms in total. The number of benzene rings is 1. The van der Waals surface area contributed by atoms with Crippen molar-refractivity contribution in [1.82, 2.24) is 10.3 Å². The summed E-state index contributed by atoms with van der Waals surface area (Å²) in [6, 6.07) is 7.31. The number of hydrogen-bond acceptors (Lipinski definition) is 4. The third-order valence-electron chi connectivity index (χ3n) is 2.36. The van der Waals surface area contributed by atoms with Crippen LogP contribution in [0.15, 0.2) is 24.3 Å². The molecule has 0 spiro atoms. The Balaban J connectivity index is 2.07. The standard InChI is InChI=1S/C12H15N3O2S/c1-12(2,7-16)15-10(17)14-11-13-8-5-3-4-6-9(8)18-11/h3-6,16H,7H2,1-2H3,(H2,13,14,15,17). The first-order valence-corrected chi connectivity index (χ1v) is 6.37. The third kappa shape index (κ3) is 2.96. The number of aliphatic hydroxyl groups excluding tert-OH is 1. The fourth-order valence-electron chi connectivity index (χ4n) is 1.40. The van der Waals surface area contributed by atoms with Crippen LogP contribution in [0.25, 0.3) is 10.2 Å². The Morgan fingerprint density at radius 1 is 1.44 bits per heavy atom. The highest BCUT2D eigenvalue weighted by molar-refractivity contribution is 7.22. The van der Waals surface area contributed by atoms with Crippen LogP contribution in [0.5, 0.6) is 0 Å². The van der Waals surface area contributed by atoms with E-state index in [-0.39, 0.29) is 12.6 Å². The maximum Gasteiger partial charge on any atom is 0.321 e. The summed E-state index contributed by atoms with van der Waals surface area (Å²) in [5.41, 5.74) is 0.208. The SMILES string of the molecule is CC(C)(CO)NC(=O)Nc1nc2ccccc2s1. The Kier molecular flexibility index (Phi) is 3.49. The molecule has 2 amide bonds. The average Bonchev–Trinajstić information content (AvgIpc) is 2.70. The molecule has 0 aliphatic heterocycles. The van der Waals surface area contributed by atoms with Gasteiger partial charge in [-0.3, -0.25) is 5.32 Å². The van der Waals surface area contributed by atoms with Gasteiger partial charge >= 0.3 is 6.03 Å². The summed E-state index contributed by atoms with van der Waals surface area (Å²) < 4.78 is 1.02. The van der Waals surface area contributed by atoms with Crippen molar-refractivity contribution in [3.05, 3.63) is 24.3 Å². The number of anilines is 1. The monoisotopic (exact) mass is 265 g/mol. The van der Waals surface area contributed by atoms with E-state index in [1.807, 2.05) is 24.3 Å². The van der Waals surface area contributed by atoms with E-state index in [2.05, 4.69) is 15.6 Å². The summed E-state index contributed by atoms with van der Waals surface area (Å²) in [7, 11) is 0. The van der Waals surface area contributed by atoms with Crippen LogP contribution < -0.4 is 10.6 Å². The van der Waals surface area contributed by atoms with E-state index in [1.165, 1.54) is 11.3 Å². The van der Waals surface area contributed by atoms with Crippen molar-refractivity contribution >= 4 is 32.7 Å². The lowest BCUT2D eigenvalue weighted by atomic mass is 10.1. The van der Waals surface area contributed by atoms with Crippen molar-refractivity contribution in [2.24, 2.45) is 0 Å². The lowest BCUT2D eigenvalue weighted by molar-refractivity contribution is 0.187. The molecule has 0 bridgehead atoms. The van der Waals surface area contributed by atoms with Gasteiger partial charge < -0.3 is 10.4 Å². The number of amides is 2. The van der Waals surface area contributed by atoms with Gasteiger partial charge in [0.05, 0.1) is 22.4 Å². The molecule has 0 aliphatic rings. The van der Waals surface area contributed by atoms with Crippen molar-refractivity contribution < 1.29 is 9.90 Å². The number of rotatable bonds is 3. The van der Waals surface area contributed by atoms with E-state index >= 15 is 0 Å². The fourth-order valence-corrected chi connectivity index (χ4v) is 2.26. The van der Waals surface area contributed by atoms with Crippen LogP contribution in [-0.4, -0.2) is 28.3 Å². The number of thiazole rings is 1. The lowest BCUT2D eigenvalue weighted by Crippen LogP contribution is -2.48. The second-order valence-electron chi connectivity index (χ2n) is 4.61. The predicted octanol–water partition coefficient (Wildman–Crippen LogP) is 2.19. The van der Waals surface area contributed by atoms with Gasteiger partial charge in [-0.15, -0.1) is 0 Å². The van der Waals surface area contributed by atoms with Crippen molar-refractivity contribution in [3.8, 4) is 0 Å². The molecule has 0 saturated carbocycles. The Labute approximate surface area is 109 Å². The van der Waals surface area contributed by atoms with Crippen LogP contribution >= 0.6 is 11.3 Å². The van der Waals surface area contributed by atoms with Gasteiger partial charge in [-0.05, 0) is 26.0 Å². The second kappa shape index (κ2) is 4.91. The molecule has 2 aromatic rings. The Morgan fingerprint density at radius 3 is 2.83 bits per heavy atom. The van der Waals surface area contributed by atoms with Crippen molar-refractivity contribution in [2.45, 2.75) is 19.4 Å². The summed E-state index contributed by atoms with van der Waals surface area (Å²) in [6.07, 6.45) is 0. The van der Waals surface area contributed by atoms with Gasteiger partial charge in [0.1, 0.15) is 0 Å². The first kappa shape index (κ1) is 12.8. The fraction of sp³-hybridized carbons (Fsp3) is 0.333. The predicted molar refractivity (Wildman–Crippen MR) is 72.9 cm³/mol. The minimum atomic E-state index is -0.652. The van der Waals surface area contributed by atoms with E-state index in [4.69, 9.17) is 5.11 Å². The number of aromatic nitrogens is 1. The van der Waals surface area contributed by atoms with Gasteiger partial charge in [0.15, 0.2) is 5.13 Å². The molecule has 0 saturated heterocycles. The smallest absolute Gasteiger partial charge is 0.321 e. The number of urea groups is 1. The van der Waals surface area contributed by atoms with Gasteiger partial charge in [0, 0.05) is 0 Å². The van der Waals surface area contributed by atoms with Crippen LogP contribution in [0.2, 0.25) is 0 Å². The zero-order chi connectivity index (χ0) is 13.2. The Hall–Kier alpha value is -1.66. The maximum atomic E-state index is 11.7. The molecule has 0 unspecified atom stereocenters. The lowest BCUT2D eigenvalue weighted by Gasteiger charge is -2.22. The highest BCUT2D eigenvalue weighted by Gasteiger charge is 2.19. The van der Waals surface area contributed by atoms with Crippen LogP contribution in [0.4, 0.5) is 9.93 Å². The molecule has 0 aliphatic carbocycles. The van der Waals surface area contributed by atoms with Gasteiger partial charge in [0.2, 0.25) is 0 Å². The molecule has 1 aromatic carbocycles. The van der Waals surface area contributed by atoms with Gasteiger partial charge in [0.25, 0.3) is 0 Å². The molecule has 2 rings (SSSR count). The summed E-state index contributed by atoms with van der Waals surface area (Å²) in [4.78, 5) is 16.0. The molecule has 0 fully saturated rings. The Bertz CT molecular complexity index is 532. The minimum Gasteiger partial charge on any atom is -0.394 e. The zero-order valence-corrected chi connectivity index (χ0v) is 11.0. The largest absolute Gasteiger partial charge is 0.394 e. The van der Waals surface area contributed by atoms with E-state index in [0.717, 1.165) is 10.2 Å². The summed E-state index contributed by atoms with van der Waals surface area (Å²) in [6.45, 7) is 3.36. The van der Waals surface area contributed by atoms with Crippen molar-refractivity contribution in [2.75, 3.05) is 11.9 Å². The van der Waals surface area contributed by atoms with Crippen LogP contribution in [0, 0.1) is 0 Å². The average molecular weight is 265 g/mol. The number of nitrogens with zero attached hydrogens (tertiary/aromatic N) is 1. The number of carbonyl (C=O) groups excluding carboxylic acids is 1. The second-order valence-corrected chi connectivity index (χ2v) is 5.64. The molecule has 6 heteroatoms. The van der Waals surface area contributed by atoms with E-state index in [9.17, 15) is 4.79 Å². The number of aliphatic hydroxyl groups is 1. The molecular formula is C12H15N3O2S. The molecule has 0 atom stereocenters. The van der Waals surface area contributed by atoms with Gasteiger partial charge in [-0.2, -0.15) is 0 Å². The zero-order valence-electron chi connectivity index (χ0n) is 10.2. The van der Waals surface area contributed by atoms with Gasteiger partial charge in [-0.25, -0.2) is 9.78 Å². The van der Waals surface area contributed by atoms with E-state index < -0.39 is 5.54 Å². The molecule has 96 valence electrons. The molecular weight excluding hydrogens is 250 g/mol. The normalized spacial score (nSPS) is 11.5. The minimum absolute atomic E-state index is 0.125. The molecule has 1 aromatic heterocycles. The topological polar surface area (TPSA) is 74.2 Å². The van der Waals surface area contributed by atoms with E-state index in [0.29, 0.717) is 5.13 Å². The number of hydrogen-bond donors (Lipinski definition) is 3.